The van der Waals surface area contributed by atoms with Crippen molar-refractivity contribution >= 4 is 57.1 Å². The van der Waals surface area contributed by atoms with Crippen molar-refractivity contribution in [2.75, 3.05) is 37.1 Å². The molecule has 0 spiro atoms. The fourth-order valence-corrected chi connectivity index (χ4v) is 4.55. The van der Waals surface area contributed by atoms with Gasteiger partial charge in [0, 0.05) is 10.0 Å². The number of rotatable bonds is 3. The van der Waals surface area contributed by atoms with E-state index in [1.807, 2.05) is 43.3 Å². The first kappa shape index (κ1) is 19.2. The summed E-state index contributed by atoms with van der Waals surface area (Å²) in [4.78, 5) is 19.7. The van der Waals surface area contributed by atoms with Gasteiger partial charge in [0.25, 0.3) is 0 Å². The summed E-state index contributed by atoms with van der Waals surface area (Å²) in [6.07, 6.45) is 0.802. The molecule has 0 fully saturated rings. The average molecular weight is 463 g/mol. The first-order valence-electron chi connectivity index (χ1n) is 9.06. The minimum absolute atomic E-state index is 0. The van der Waals surface area contributed by atoms with Crippen molar-refractivity contribution in [2.24, 2.45) is 5.10 Å². The minimum Gasteiger partial charge on any atom is -0.309 e. The van der Waals surface area contributed by atoms with Gasteiger partial charge in [-0.2, -0.15) is 5.10 Å². The third kappa shape index (κ3) is 2.72. The van der Waals surface area contributed by atoms with Crippen molar-refractivity contribution in [3.63, 3.8) is 0 Å². The monoisotopic (exact) mass is 461 g/mol. The van der Waals surface area contributed by atoms with Crippen LogP contribution in [0.5, 0.6) is 0 Å². The molecule has 8 heteroatoms. The molecule has 0 aliphatic carbocycles. The SMILES string of the molecule is CN(C)CCC1C(=O)N2c3cc(Br)ccc3N3CNN=C3c3cccc1c32.Cl. The highest BCUT2D eigenvalue weighted by Gasteiger charge is 2.44. The number of hydrazone groups is 1. The number of nitrogens with zero attached hydrogens (tertiary/aromatic N) is 4. The molecule has 146 valence electrons. The predicted molar refractivity (Wildman–Crippen MR) is 118 cm³/mol. The summed E-state index contributed by atoms with van der Waals surface area (Å²) in [5, 5.41) is 4.54. The number of halogens is 2. The molecule has 1 atom stereocenters. The number of anilines is 3. The van der Waals surface area contributed by atoms with E-state index in [2.05, 4.69) is 48.4 Å². The van der Waals surface area contributed by atoms with Crippen LogP contribution in [0.15, 0.2) is 46.0 Å². The summed E-state index contributed by atoms with van der Waals surface area (Å²) in [7, 11) is 4.09. The third-order valence-corrected chi connectivity index (χ3v) is 5.92. The number of fused-ring (bicyclic) bond motifs is 5. The fraction of sp³-hybridized carbons (Fsp3) is 0.300. The quantitative estimate of drug-likeness (QED) is 0.757. The van der Waals surface area contributed by atoms with E-state index < -0.39 is 0 Å². The molecule has 1 N–H and O–H groups in total. The second-order valence-corrected chi connectivity index (χ2v) is 8.29. The van der Waals surface area contributed by atoms with E-state index in [0.717, 1.165) is 51.5 Å². The first-order valence-corrected chi connectivity index (χ1v) is 9.85. The highest BCUT2D eigenvalue weighted by molar-refractivity contribution is 9.10. The normalized spacial score (nSPS) is 18.8. The third-order valence-electron chi connectivity index (χ3n) is 5.43. The van der Waals surface area contributed by atoms with Crippen LogP contribution in [0, 0.1) is 0 Å². The van der Waals surface area contributed by atoms with Crippen molar-refractivity contribution < 1.29 is 4.79 Å². The molecule has 3 aliphatic heterocycles. The van der Waals surface area contributed by atoms with Gasteiger partial charge in [0.2, 0.25) is 5.91 Å². The Morgan fingerprint density at radius 1 is 1.25 bits per heavy atom. The highest BCUT2D eigenvalue weighted by atomic mass is 79.9. The second kappa shape index (κ2) is 7.06. The number of carbonyl (C=O) groups excluding carboxylic acids is 1. The van der Waals surface area contributed by atoms with Crippen LogP contribution in [0.3, 0.4) is 0 Å². The highest BCUT2D eigenvalue weighted by Crippen LogP contribution is 2.51. The molecular weight excluding hydrogens is 442 g/mol. The zero-order chi connectivity index (χ0) is 18.7. The molecule has 0 radical (unpaired) electrons. The Kier molecular flexibility index (Phi) is 4.85. The summed E-state index contributed by atoms with van der Waals surface area (Å²) in [6, 6.07) is 12.3. The molecule has 1 unspecified atom stereocenters. The van der Waals surface area contributed by atoms with Gasteiger partial charge in [0.05, 0.1) is 23.0 Å². The van der Waals surface area contributed by atoms with Gasteiger partial charge in [-0.1, -0.05) is 28.1 Å². The van der Waals surface area contributed by atoms with Gasteiger partial charge in [0.15, 0.2) is 5.84 Å². The maximum Gasteiger partial charge on any atom is 0.239 e. The zero-order valence-corrected chi connectivity index (χ0v) is 18.0. The Labute approximate surface area is 178 Å². The Balaban J connectivity index is 0.00000192. The lowest BCUT2D eigenvalue weighted by molar-refractivity contribution is -0.118. The number of para-hydroxylation sites is 1. The summed E-state index contributed by atoms with van der Waals surface area (Å²) < 4.78 is 0.956. The van der Waals surface area contributed by atoms with Crippen LogP contribution in [0.4, 0.5) is 17.1 Å². The number of amidine groups is 1. The fourth-order valence-electron chi connectivity index (χ4n) is 4.20. The van der Waals surface area contributed by atoms with E-state index in [-0.39, 0.29) is 24.2 Å². The van der Waals surface area contributed by atoms with Crippen molar-refractivity contribution in [1.29, 1.82) is 0 Å². The molecule has 0 bridgehead atoms. The molecule has 3 aliphatic rings. The van der Waals surface area contributed by atoms with E-state index in [0.29, 0.717) is 6.67 Å². The van der Waals surface area contributed by atoms with Gasteiger partial charge >= 0.3 is 0 Å². The van der Waals surface area contributed by atoms with E-state index in [9.17, 15) is 4.79 Å². The van der Waals surface area contributed by atoms with Gasteiger partial charge < -0.3 is 9.80 Å². The van der Waals surface area contributed by atoms with Gasteiger partial charge in [-0.3, -0.25) is 15.1 Å². The average Bonchev–Trinajstić information content (AvgIpc) is 3.19. The van der Waals surface area contributed by atoms with E-state index in [1.54, 1.807) is 0 Å². The van der Waals surface area contributed by atoms with Crippen LogP contribution < -0.4 is 15.2 Å². The summed E-state index contributed by atoms with van der Waals surface area (Å²) >= 11 is 3.58. The van der Waals surface area contributed by atoms with Crippen LogP contribution >= 0.6 is 28.3 Å². The smallest absolute Gasteiger partial charge is 0.239 e. The van der Waals surface area contributed by atoms with E-state index in [1.165, 1.54) is 0 Å². The molecule has 0 saturated heterocycles. The van der Waals surface area contributed by atoms with Crippen molar-refractivity contribution in [2.45, 2.75) is 12.3 Å². The molecule has 2 aromatic carbocycles. The lowest BCUT2D eigenvalue weighted by Crippen LogP contribution is -2.30. The molecule has 0 saturated carbocycles. The van der Waals surface area contributed by atoms with E-state index in [4.69, 9.17) is 0 Å². The Morgan fingerprint density at radius 3 is 2.86 bits per heavy atom. The maximum atomic E-state index is 13.6. The van der Waals surface area contributed by atoms with Crippen LogP contribution in [-0.2, 0) is 4.79 Å². The van der Waals surface area contributed by atoms with Crippen LogP contribution in [0.2, 0.25) is 0 Å². The Hall–Kier alpha value is -2.09. The van der Waals surface area contributed by atoms with E-state index >= 15 is 0 Å². The number of amides is 1. The largest absolute Gasteiger partial charge is 0.309 e. The molecular formula is C20H21BrClN5O. The Bertz CT molecular complexity index is 993. The van der Waals surface area contributed by atoms with Crippen LogP contribution in [-0.4, -0.2) is 44.0 Å². The zero-order valence-electron chi connectivity index (χ0n) is 15.6. The number of carbonyl (C=O) groups is 1. The molecule has 6 nitrogen and oxygen atoms in total. The Morgan fingerprint density at radius 2 is 2.07 bits per heavy atom. The molecule has 28 heavy (non-hydrogen) atoms. The molecule has 2 aromatic rings. The maximum absolute atomic E-state index is 13.6. The van der Waals surface area contributed by atoms with Crippen LogP contribution in [0.1, 0.15) is 23.5 Å². The summed E-state index contributed by atoms with van der Waals surface area (Å²) in [5.74, 6) is 0.892. The van der Waals surface area contributed by atoms with Gasteiger partial charge in [-0.25, -0.2) is 0 Å². The van der Waals surface area contributed by atoms with Crippen molar-refractivity contribution in [3.8, 4) is 0 Å². The van der Waals surface area contributed by atoms with Gasteiger partial charge in [-0.05, 0) is 56.9 Å². The molecule has 1 amide bonds. The lowest BCUT2D eigenvalue weighted by Gasteiger charge is -2.23. The minimum atomic E-state index is -0.129. The van der Waals surface area contributed by atoms with Crippen molar-refractivity contribution in [1.82, 2.24) is 10.3 Å². The van der Waals surface area contributed by atoms with Gasteiger partial charge in [0.1, 0.15) is 6.67 Å². The first-order chi connectivity index (χ1) is 13.1. The molecule has 5 rings (SSSR count). The standard InChI is InChI=1S/C20H20BrN5O.ClH/c1-24(2)9-8-14-13-4-3-5-15-18(13)26(20(14)27)17-10-12(21)6-7-16(17)25-11-22-23-19(15)25;/h3-7,10,14,22H,8-9,11H2,1-2H3;1H. The number of hydrogen-bond donors (Lipinski definition) is 1. The topological polar surface area (TPSA) is 51.2 Å². The van der Waals surface area contributed by atoms with Gasteiger partial charge in [-0.15, -0.1) is 12.4 Å². The number of hydrogen-bond acceptors (Lipinski definition) is 5. The summed E-state index contributed by atoms with van der Waals surface area (Å²) in [6.45, 7) is 1.47. The van der Waals surface area contributed by atoms with Crippen LogP contribution in [0.25, 0.3) is 0 Å². The predicted octanol–water partition coefficient (Wildman–Crippen LogP) is 3.63. The number of nitrogens with one attached hydrogen (secondary N) is 1. The lowest BCUT2D eigenvalue weighted by atomic mass is 9.95. The molecule has 0 aromatic heterocycles. The van der Waals surface area contributed by atoms with Crippen molar-refractivity contribution in [3.05, 3.63) is 52.0 Å². The molecule has 3 heterocycles. The number of benzene rings is 2. The summed E-state index contributed by atoms with van der Waals surface area (Å²) in [5.41, 5.74) is 8.08. The second-order valence-electron chi connectivity index (χ2n) is 7.37.